The zero-order valence-electron chi connectivity index (χ0n) is 6.36. The monoisotopic (exact) mass is 216 g/mol. The van der Waals surface area contributed by atoms with Crippen molar-refractivity contribution in [2.24, 2.45) is 0 Å². The van der Waals surface area contributed by atoms with Gasteiger partial charge in [-0.05, 0) is 35.5 Å². The highest BCUT2D eigenvalue weighted by atomic mass is 35.5. The average Bonchev–Trinajstić information content (AvgIpc) is 2.03. The van der Waals surface area contributed by atoms with Crippen molar-refractivity contribution in [1.82, 2.24) is 0 Å². The molecular formula is C8H5ClO3S. The van der Waals surface area contributed by atoms with Gasteiger partial charge in [-0.25, -0.2) is 4.79 Å². The zero-order chi connectivity index (χ0) is 9.84. The number of carbonyl (C=O) groups is 2. The lowest BCUT2D eigenvalue weighted by Gasteiger charge is -2.00. The maximum Gasteiger partial charge on any atom is 0.336 e. The molecule has 5 heteroatoms. The van der Waals surface area contributed by atoms with E-state index >= 15 is 0 Å². The number of hydrogen-bond donors (Lipinski definition) is 1. The van der Waals surface area contributed by atoms with Gasteiger partial charge in [0.25, 0.3) is 4.57 Å². The van der Waals surface area contributed by atoms with Crippen LogP contribution in [0.2, 0.25) is 0 Å². The van der Waals surface area contributed by atoms with Crippen molar-refractivity contribution in [2.45, 2.75) is 4.90 Å². The summed E-state index contributed by atoms with van der Waals surface area (Å²) in [5.74, 6) is -1.07. The molecule has 68 valence electrons. The van der Waals surface area contributed by atoms with Crippen LogP contribution in [0.5, 0.6) is 0 Å². The molecule has 0 bridgehead atoms. The summed E-state index contributed by atoms with van der Waals surface area (Å²) in [5, 5.41) is 8.71. The van der Waals surface area contributed by atoms with Gasteiger partial charge in [0, 0.05) is 4.90 Å². The van der Waals surface area contributed by atoms with Crippen LogP contribution >= 0.6 is 23.4 Å². The number of hydrogen-bond acceptors (Lipinski definition) is 3. The van der Waals surface area contributed by atoms with Crippen molar-refractivity contribution in [2.75, 3.05) is 0 Å². The third-order valence-corrected chi connectivity index (χ3v) is 2.28. The molecule has 1 aromatic rings. The minimum Gasteiger partial charge on any atom is -0.478 e. The zero-order valence-corrected chi connectivity index (χ0v) is 7.93. The summed E-state index contributed by atoms with van der Waals surface area (Å²) in [4.78, 5) is 21.5. The number of rotatable bonds is 2. The Hall–Kier alpha value is -1.00. The Kier molecular flexibility index (Phi) is 3.33. The lowest BCUT2D eigenvalue weighted by Crippen LogP contribution is -1.98. The maximum atomic E-state index is 10.6. The molecule has 1 aromatic carbocycles. The molecule has 0 aliphatic rings. The van der Waals surface area contributed by atoms with Gasteiger partial charge in [-0.1, -0.05) is 12.1 Å². The van der Waals surface area contributed by atoms with Crippen molar-refractivity contribution >= 4 is 33.9 Å². The molecular weight excluding hydrogens is 212 g/mol. The van der Waals surface area contributed by atoms with Gasteiger partial charge in [0.2, 0.25) is 0 Å². The summed E-state index contributed by atoms with van der Waals surface area (Å²) in [6, 6.07) is 6.19. The van der Waals surface area contributed by atoms with E-state index in [1.165, 1.54) is 12.1 Å². The van der Waals surface area contributed by atoms with Gasteiger partial charge in [-0.2, -0.15) is 0 Å². The van der Waals surface area contributed by atoms with Crippen molar-refractivity contribution in [1.29, 1.82) is 0 Å². The SMILES string of the molecule is O=C(Cl)Sc1ccccc1C(=O)O. The van der Waals surface area contributed by atoms with Crippen LogP contribution in [0.1, 0.15) is 10.4 Å². The first kappa shape index (κ1) is 10.1. The molecule has 13 heavy (non-hydrogen) atoms. The molecule has 3 nitrogen and oxygen atoms in total. The van der Waals surface area contributed by atoms with Crippen LogP contribution in [0.25, 0.3) is 0 Å². The molecule has 0 amide bonds. The second kappa shape index (κ2) is 4.30. The minimum atomic E-state index is -1.07. The molecule has 0 aliphatic heterocycles. The second-order valence-corrected chi connectivity index (χ2v) is 3.72. The predicted molar refractivity (Wildman–Crippen MR) is 50.5 cm³/mol. The highest BCUT2D eigenvalue weighted by Crippen LogP contribution is 2.25. The lowest BCUT2D eigenvalue weighted by molar-refractivity contribution is 0.0693. The Morgan fingerprint density at radius 3 is 2.46 bits per heavy atom. The summed E-state index contributed by atoms with van der Waals surface area (Å²) in [7, 11) is 0. The number of carboxylic acid groups (broad SMARTS) is 1. The van der Waals surface area contributed by atoms with Crippen LogP contribution in [0.15, 0.2) is 29.2 Å². The molecule has 0 saturated heterocycles. The van der Waals surface area contributed by atoms with Gasteiger partial charge in [-0.15, -0.1) is 0 Å². The molecule has 0 unspecified atom stereocenters. The van der Waals surface area contributed by atoms with Crippen molar-refractivity contribution in [3.63, 3.8) is 0 Å². The summed E-state index contributed by atoms with van der Waals surface area (Å²) in [6.45, 7) is 0. The van der Waals surface area contributed by atoms with Crippen LogP contribution in [-0.2, 0) is 0 Å². The molecule has 0 aromatic heterocycles. The fourth-order valence-corrected chi connectivity index (χ4v) is 1.65. The first-order valence-corrected chi connectivity index (χ1v) is 4.50. The standard InChI is InChI=1S/C8H5ClO3S/c9-8(12)13-6-4-2-1-3-5(6)7(10)11/h1-4H,(H,10,11). The molecule has 0 atom stereocenters. The largest absolute Gasteiger partial charge is 0.478 e. The molecule has 0 fully saturated rings. The number of carboxylic acids is 1. The third kappa shape index (κ3) is 2.75. The van der Waals surface area contributed by atoms with Gasteiger partial charge < -0.3 is 5.11 Å². The molecule has 0 saturated carbocycles. The number of thioether (sulfide) groups is 1. The van der Waals surface area contributed by atoms with Crippen molar-refractivity contribution < 1.29 is 14.7 Å². The van der Waals surface area contributed by atoms with Gasteiger partial charge in [0.15, 0.2) is 0 Å². The van der Waals surface area contributed by atoms with E-state index in [-0.39, 0.29) is 5.56 Å². The predicted octanol–water partition coefficient (Wildman–Crippen LogP) is 2.84. The lowest BCUT2D eigenvalue weighted by atomic mass is 10.2. The van der Waals surface area contributed by atoms with Crippen LogP contribution in [-0.4, -0.2) is 15.7 Å². The minimum absolute atomic E-state index is 0.0847. The molecule has 1 N–H and O–H groups in total. The second-order valence-electron chi connectivity index (χ2n) is 2.14. The van der Waals surface area contributed by atoms with E-state index in [0.29, 0.717) is 16.7 Å². The number of carbonyl (C=O) groups excluding carboxylic acids is 1. The van der Waals surface area contributed by atoms with E-state index in [1.54, 1.807) is 12.1 Å². The maximum absolute atomic E-state index is 10.6. The average molecular weight is 217 g/mol. The van der Waals surface area contributed by atoms with Crippen LogP contribution < -0.4 is 0 Å². The highest BCUT2D eigenvalue weighted by Gasteiger charge is 2.11. The Bertz CT molecular complexity index is 351. The Morgan fingerprint density at radius 2 is 1.92 bits per heavy atom. The first-order chi connectivity index (χ1) is 6.11. The number of benzene rings is 1. The quantitative estimate of drug-likeness (QED) is 0.610. The van der Waals surface area contributed by atoms with Crippen molar-refractivity contribution in [3.05, 3.63) is 29.8 Å². The summed E-state index contributed by atoms with van der Waals surface area (Å²) in [6.07, 6.45) is 0. The van der Waals surface area contributed by atoms with Gasteiger partial charge in [0.05, 0.1) is 5.56 Å². The van der Waals surface area contributed by atoms with Crippen LogP contribution in [0.3, 0.4) is 0 Å². The van der Waals surface area contributed by atoms with Gasteiger partial charge in [0.1, 0.15) is 0 Å². The van der Waals surface area contributed by atoms with E-state index in [0.717, 1.165) is 0 Å². The van der Waals surface area contributed by atoms with Crippen LogP contribution in [0, 0.1) is 0 Å². The van der Waals surface area contributed by atoms with Gasteiger partial charge in [-0.3, -0.25) is 4.79 Å². The Balaban J connectivity index is 3.04. The van der Waals surface area contributed by atoms with E-state index in [9.17, 15) is 9.59 Å². The fraction of sp³-hybridized carbons (Fsp3) is 0. The fourth-order valence-electron chi connectivity index (χ4n) is 0.819. The van der Waals surface area contributed by atoms with E-state index in [4.69, 9.17) is 16.7 Å². The molecule has 0 aliphatic carbocycles. The molecule has 0 spiro atoms. The Labute approximate surface area is 83.7 Å². The molecule has 0 heterocycles. The van der Waals surface area contributed by atoms with Crippen LogP contribution in [0.4, 0.5) is 4.79 Å². The summed E-state index contributed by atoms with van der Waals surface area (Å²) < 4.78 is -0.645. The smallest absolute Gasteiger partial charge is 0.336 e. The summed E-state index contributed by atoms with van der Waals surface area (Å²) >= 11 is 5.82. The van der Waals surface area contributed by atoms with E-state index in [2.05, 4.69) is 0 Å². The normalized spacial score (nSPS) is 9.62. The van der Waals surface area contributed by atoms with E-state index < -0.39 is 10.5 Å². The molecule has 1 rings (SSSR count). The van der Waals surface area contributed by atoms with Crippen molar-refractivity contribution in [3.8, 4) is 0 Å². The Morgan fingerprint density at radius 1 is 1.31 bits per heavy atom. The summed E-state index contributed by atoms with van der Waals surface area (Å²) in [5.41, 5.74) is 0.0847. The third-order valence-electron chi connectivity index (χ3n) is 1.31. The first-order valence-electron chi connectivity index (χ1n) is 3.31. The highest BCUT2D eigenvalue weighted by molar-refractivity contribution is 8.16. The number of halogens is 1. The topological polar surface area (TPSA) is 54.4 Å². The van der Waals surface area contributed by atoms with E-state index in [1.807, 2.05) is 0 Å². The molecule has 0 radical (unpaired) electrons. The van der Waals surface area contributed by atoms with Gasteiger partial charge >= 0.3 is 5.97 Å². The number of aromatic carboxylic acids is 1.